The monoisotopic (exact) mass is 226 g/mol. The zero-order chi connectivity index (χ0) is 12.3. The molecule has 0 saturated heterocycles. The Kier molecular flexibility index (Phi) is 3.93. The Hall–Kier alpha value is -1.52. The van der Waals surface area contributed by atoms with Crippen molar-refractivity contribution in [3.63, 3.8) is 0 Å². The Balaban J connectivity index is 3.38. The minimum Gasteiger partial charge on any atom is -0.494 e. The zero-order valence-corrected chi connectivity index (χ0v) is 9.91. The highest BCUT2D eigenvalue weighted by Crippen LogP contribution is 2.21. The summed E-state index contributed by atoms with van der Waals surface area (Å²) in [6, 6.07) is -0.0620. The number of nitrogens with zero attached hydrogens (tertiary/aromatic N) is 1. The molecule has 0 saturated carbocycles. The van der Waals surface area contributed by atoms with E-state index < -0.39 is 11.2 Å². The highest BCUT2D eigenvalue weighted by Gasteiger charge is 2.16. The van der Waals surface area contributed by atoms with Crippen molar-refractivity contribution in [1.29, 1.82) is 0 Å². The molecular formula is C11H18N2O3. The summed E-state index contributed by atoms with van der Waals surface area (Å²) in [5.41, 5.74) is -0.868. The molecule has 0 aliphatic rings. The summed E-state index contributed by atoms with van der Waals surface area (Å²) in [5, 5.41) is 9.83. The number of nitrogens with one attached hydrogen (secondary N) is 1. The van der Waals surface area contributed by atoms with Crippen LogP contribution in [0.25, 0.3) is 0 Å². The van der Waals surface area contributed by atoms with Gasteiger partial charge in [-0.1, -0.05) is 20.3 Å². The number of aromatic nitrogens is 2. The maximum Gasteiger partial charge on any atom is 0.331 e. The summed E-state index contributed by atoms with van der Waals surface area (Å²) < 4.78 is 1.28. The predicted octanol–water partition coefficient (Wildman–Crippen LogP) is 1.30. The van der Waals surface area contributed by atoms with E-state index in [1.807, 2.05) is 13.8 Å². The van der Waals surface area contributed by atoms with Crippen LogP contribution in [0.5, 0.6) is 5.88 Å². The molecule has 1 aromatic heterocycles. The van der Waals surface area contributed by atoms with E-state index in [1.165, 1.54) is 11.5 Å². The predicted molar refractivity (Wildman–Crippen MR) is 62.0 cm³/mol. The van der Waals surface area contributed by atoms with E-state index in [2.05, 4.69) is 4.98 Å². The van der Waals surface area contributed by atoms with Crippen LogP contribution in [0, 0.1) is 6.92 Å². The number of rotatable bonds is 4. The van der Waals surface area contributed by atoms with Gasteiger partial charge in [-0.15, -0.1) is 0 Å². The molecule has 0 fully saturated rings. The zero-order valence-electron chi connectivity index (χ0n) is 9.91. The molecular weight excluding hydrogens is 208 g/mol. The highest BCUT2D eigenvalue weighted by molar-refractivity contribution is 5.21. The van der Waals surface area contributed by atoms with Crippen LogP contribution in [0.2, 0.25) is 0 Å². The van der Waals surface area contributed by atoms with Crippen LogP contribution in [0.1, 0.15) is 44.7 Å². The van der Waals surface area contributed by atoms with Crippen molar-refractivity contribution in [2.45, 2.75) is 46.1 Å². The first-order chi connectivity index (χ1) is 7.52. The maximum atomic E-state index is 11.6. The minimum absolute atomic E-state index is 0.0620. The Morgan fingerprint density at radius 2 is 2.00 bits per heavy atom. The molecule has 5 nitrogen and oxygen atoms in total. The quantitative estimate of drug-likeness (QED) is 0.812. The van der Waals surface area contributed by atoms with E-state index in [0.717, 1.165) is 19.3 Å². The molecule has 0 amide bonds. The summed E-state index contributed by atoms with van der Waals surface area (Å²) in [5.74, 6) is -0.214. The second-order valence-corrected chi connectivity index (χ2v) is 3.93. The average Bonchev–Trinajstić information content (AvgIpc) is 2.25. The van der Waals surface area contributed by atoms with Crippen molar-refractivity contribution in [3.05, 3.63) is 26.4 Å². The van der Waals surface area contributed by atoms with Gasteiger partial charge in [-0.2, -0.15) is 0 Å². The van der Waals surface area contributed by atoms with Gasteiger partial charge in [-0.05, 0) is 19.8 Å². The summed E-state index contributed by atoms with van der Waals surface area (Å²) in [6.07, 6.45) is 2.46. The largest absolute Gasteiger partial charge is 0.494 e. The molecule has 2 N–H and O–H groups in total. The minimum atomic E-state index is -0.534. The van der Waals surface area contributed by atoms with Crippen LogP contribution in [0.3, 0.4) is 0 Å². The molecule has 1 rings (SSSR count). The second kappa shape index (κ2) is 5.01. The van der Waals surface area contributed by atoms with E-state index >= 15 is 0 Å². The van der Waals surface area contributed by atoms with E-state index in [9.17, 15) is 14.7 Å². The summed E-state index contributed by atoms with van der Waals surface area (Å²) in [4.78, 5) is 25.1. The molecule has 0 aliphatic heterocycles. The molecule has 1 atom stereocenters. The first-order valence-corrected chi connectivity index (χ1v) is 5.57. The molecule has 0 aromatic carbocycles. The molecule has 1 aromatic rings. The lowest BCUT2D eigenvalue weighted by atomic mass is 10.1. The van der Waals surface area contributed by atoms with Gasteiger partial charge in [0.1, 0.15) is 0 Å². The third-order valence-corrected chi connectivity index (χ3v) is 2.80. The van der Waals surface area contributed by atoms with Crippen molar-refractivity contribution < 1.29 is 5.11 Å². The van der Waals surface area contributed by atoms with Gasteiger partial charge in [-0.3, -0.25) is 14.3 Å². The number of aromatic amines is 1. The third kappa shape index (κ3) is 2.18. The number of hydrogen-bond donors (Lipinski definition) is 2. The Bertz CT molecular complexity index is 473. The Morgan fingerprint density at radius 1 is 1.38 bits per heavy atom. The van der Waals surface area contributed by atoms with E-state index in [1.54, 1.807) is 0 Å². The molecule has 90 valence electrons. The van der Waals surface area contributed by atoms with Crippen LogP contribution in [0.15, 0.2) is 9.59 Å². The summed E-state index contributed by atoms with van der Waals surface area (Å²) in [7, 11) is 0. The van der Waals surface area contributed by atoms with Crippen LogP contribution < -0.4 is 11.2 Å². The van der Waals surface area contributed by atoms with Crippen molar-refractivity contribution in [2.75, 3.05) is 0 Å². The van der Waals surface area contributed by atoms with Crippen molar-refractivity contribution in [3.8, 4) is 5.88 Å². The van der Waals surface area contributed by atoms with Gasteiger partial charge in [0.15, 0.2) is 0 Å². The van der Waals surface area contributed by atoms with Crippen LogP contribution in [-0.4, -0.2) is 14.7 Å². The van der Waals surface area contributed by atoms with Gasteiger partial charge in [0.05, 0.1) is 5.56 Å². The van der Waals surface area contributed by atoms with Gasteiger partial charge in [0.25, 0.3) is 5.56 Å². The molecule has 0 bridgehead atoms. The lowest BCUT2D eigenvalue weighted by Gasteiger charge is -2.19. The topological polar surface area (TPSA) is 75.1 Å². The van der Waals surface area contributed by atoms with E-state index in [0.29, 0.717) is 0 Å². The molecule has 16 heavy (non-hydrogen) atoms. The number of aromatic hydroxyl groups is 1. The molecule has 0 spiro atoms. The molecule has 0 aliphatic carbocycles. The molecule has 1 heterocycles. The highest BCUT2D eigenvalue weighted by atomic mass is 16.3. The van der Waals surface area contributed by atoms with E-state index in [-0.39, 0.29) is 17.5 Å². The smallest absolute Gasteiger partial charge is 0.331 e. The third-order valence-electron chi connectivity index (χ3n) is 2.80. The fraction of sp³-hybridized carbons (Fsp3) is 0.636. The second-order valence-electron chi connectivity index (χ2n) is 3.93. The van der Waals surface area contributed by atoms with Gasteiger partial charge >= 0.3 is 5.69 Å². The van der Waals surface area contributed by atoms with E-state index in [4.69, 9.17) is 0 Å². The lowest BCUT2D eigenvalue weighted by molar-refractivity contribution is 0.338. The average molecular weight is 226 g/mol. The first-order valence-electron chi connectivity index (χ1n) is 5.57. The Morgan fingerprint density at radius 3 is 2.50 bits per heavy atom. The summed E-state index contributed by atoms with van der Waals surface area (Å²) in [6.45, 7) is 5.47. The fourth-order valence-electron chi connectivity index (χ4n) is 1.82. The normalized spacial score (nSPS) is 12.7. The van der Waals surface area contributed by atoms with Crippen LogP contribution in [-0.2, 0) is 0 Å². The lowest BCUT2D eigenvalue weighted by Crippen LogP contribution is -2.33. The Labute approximate surface area is 93.8 Å². The fourth-order valence-corrected chi connectivity index (χ4v) is 1.82. The van der Waals surface area contributed by atoms with Crippen LogP contribution in [0.4, 0.5) is 0 Å². The maximum absolute atomic E-state index is 11.6. The van der Waals surface area contributed by atoms with Gasteiger partial charge in [0, 0.05) is 6.04 Å². The van der Waals surface area contributed by atoms with Crippen molar-refractivity contribution in [2.24, 2.45) is 0 Å². The van der Waals surface area contributed by atoms with Crippen molar-refractivity contribution in [1.82, 2.24) is 9.55 Å². The standard InChI is InChI=1S/C11H18N2O3/c1-4-6-8(5-2)13-10(15)7(3)9(14)12-11(13)16/h8,15H,4-6H2,1-3H3,(H,12,14,16). The van der Waals surface area contributed by atoms with Gasteiger partial charge < -0.3 is 5.11 Å². The SMILES string of the molecule is CCCC(CC)n1c(O)c(C)c(=O)[nH]c1=O. The number of H-pyrrole nitrogens is 1. The molecule has 5 heteroatoms. The number of hydrogen-bond acceptors (Lipinski definition) is 3. The van der Waals surface area contributed by atoms with Crippen LogP contribution >= 0.6 is 0 Å². The first kappa shape index (κ1) is 12.5. The van der Waals surface area contributed by atoms with Gasteiger partial charge in [0.2, 0.25) is 5.88 Å². The molecule has 0 radical (unpaired) electrons. The van der Waals surface area contributed by atoms with Gasteiger partial charge in [-0.25, -0.2) is 4.79 Å². The van der Waals surface area contributed by atoms with Crippen molar-refractivity contribution >= 4 is 0 Å². The molecule has 1 unspecified atom stereocenters. The summed E-state index contributed by atoms with van der Waals surface area (Å²) >= 11 is 0.